The van der Waals surface area contributed by atoms with Crippen LogP contribution in [0.15, 0.2) is 6.20 Å². The van der Waals surface area contributed by atoms with Gasteiger partial charge in [0.1, 0.15) is 4.88 Å². The lowest BCUT2D eigenvalue weighted by Gasteiger charge is -2.43. The fourth-order valence-corrected chi connectivity index (χ4v) is 4.36. The van der Waals surface area contributed by atoms with E-state index in [1.807, 2.05) is 0 Å². The molecule has 1 aliphatic heterocycles. The van der Waals surface area contributed by atoms with Crippen LogP contribution in [0.25, 0.3) is 0 Å². The summed E-state index contributed by atoms with van der Waals surface area (Å²) in [5.41, 5.74) is 0.00745. The smallest absolute Gasteiger partial charge is 0.263 e. The van der Waals surface area contributed by atoms with Crippen LogP contribution in [0.4, 0.5) is 0 Å². The molecule has 1 saturated carbocycles. The molecule has 3 rings (SSSR count). The van der Waals surface area contributed by atoms with Gasteiger partial charge in [0.25, 0.3) is 5.91 Å². The maximum absolute atomic E-state index is 12.4. The summed E-state index contributed by atoms with van der Waals surface area (Å²) in [4.78, 5) is 20.1. The van der Waals surface area contributed by atoms with Gasteiger partial charge in [0.05, 0.1) is 11.2 Å². The summed E-state index contributed by atoms with van der Waals surface area (Å²) < 4.78 is 0. The van der Waals surface area contributed by atoms with Crippen LogP contribution in [0.5, 0.6) is 0 Å². The lowest BCUT2D eigenvalue weighted by Crippen LogP contribution is -2.54. The number of piperidine rings is 1. The van der Waals surface area contributed by atoms with Crippen molar-refractivity contribution in [3.05, 3.63) is 16.1 Å². The maximum atomic E-state index is 12.4. The van der Waals surface area contributed by atoms with Crippen LogP contribution < -0.4 is 5.32 Å². The van der Waals surface area contributed by atoms with Crippen molar-refractivity contribution in [2.75, 3.05) is 19.6 Å². The predicted molar refractivity (Wildman–Crippen MR) is 95.1 cm³/mol. The molecule has 2 heterocycles. The fourth-order valence-electron chi connectivity index (χ4n) is 3.36. The second kappa shape index (κ2) is 6.89. The quantitative estimate of drug-likeness (QED) is 0.863. The number of thiazole rings is 1. The monoisotopic (exact) mass is 335 g/mol. The molecule has 1 aliphatic carbocycles. The maximum Gasteiger partial charge on any atom is 0.263 e. The van der Waals surface area contributed by atoms with Gasteiger partial charge in [-0.3, -0.25) is 9.69 Å². The molecule has 0 radical (unpaired) electrons. The Labute approximate surface area is 143 Å². The second-order valence-electron chi connectivity index (χ2n) is 7.69. The van der Waals surface area contributed by atoms with E-state index >= 15 is 0 Å². The van der Waals surface area contributed by atoms with Gasteiger partial charge in [-0.05, 0) is 52.0 Å². The molecule has 128 valence electrons. The molecule has 4 nitrogen and oxygen atoms in total. The topological polar surface area (TPSA) is 45.2 Å². The molecule has 0 aromatic carbocycles. The SMILES string of the molecule is CCC1CCCN(C(C)(C)CNC(=O)c2cnc(C3CC3)s2)C1. The molecule has 2 aliphatic rings. The third-order valence-electron chi connectivity index (χ3n) is 5.31. The molecule has 0 bridgehead atoms. The highest BCUT2D eigenvalue weighted by molar-refractivity contribution is 7.13. The van der Waals surface area contributed by atoms with E-state index in [1.54, 1.807) is 17.5 Å². The van der Waals surface area contributed by atoms with Crippen molar-refractivity contribution in [3.8, 4) is 0 Å². The molecular weight excluding hydrogens is 306 g/mol. The first-order valence-electron chi connectivity index (χ1n) is 8.98. The van der Waals surface area contributed by atoms with Crippen LogP contribution in [0, 0.1) is 5.92 Å². The van der Waals surface area contributed by atoms with Gasteiger partial charge in [-0.25, -0.2) is 4.98 Å². The van der Waals surface area contributed by atoms with E-state index in [2.05, 4.69) is 36.0 Å². The summed E-state index contributed by atoms with van der Waals surface area (Å²) in [6.07, 6.45) is 8.08. The number of rotatable bonds is 6. The van der Waals surface area contributed by atoms with Gasteiger partial charge in [-0.2, -0.15) is 0 Å². The Hall–Kier alpha value is -0.940. The fraction of sp³-hybridized carbons (Fsp3) is 0.778. The highest BCUT2D eigenvalue weighted by atomic mass is 32.1. The van der Waals surface area contributed by atoms with Crippen LogP contribution in [-0.2, 0) is 0 Å². The van der Waals surface area contributed by atoms with E-state index in [9.17, 15) is 4.79 Å². The Morgan fingerprint density at radius 3 is 2.91 bits per heavy atom. The first kappa shape index (κ1) is 16.9. The van der Waals surface area contributed by atoms with Crippen molar-refractivity contribution in [3.63, 3.8) is 0 Å². The first-order valence-corrected chi connectivity index (χ1v) is 9.80. The van der Waals surface area contributed by atoms with Crippen LogP contribution >= 0.6 is 11.3 Å². The van der Waals surface area contributed by atoms with Gasteiger partial charge in [-0.1, -0.05) is 13.3 Å². The predicted octanol–water partition coefficient (Wildman–Crippen LogP) is 3.65. The largest absolute Gasteiger partial charge is 0.349 e. The number of nitrogens with one attached hydrogen (secondary N) is 1. The van der Waals surface area contributed by atoms with Gasteiger partial charge in [0, 0.05) is 24.5 Å². The molecule has 1 saturated heterocycles. The molecule has 1 unspecified atom stereocenters. The summed E-state index contributed by atoms with van der Waals surface area (Å²) in [6.45, 7) is 9.77. The van der Waals surface area contributed by atoms with E-state index in [4.69, 9.17) is 0 Å². The van der Waals surface area contributed by atoms with Gasteiger partial charge in [0.15, 0.2) is 0 Å². The molecular formula is C18H29N3OS. The normalized spacial score (nSPS) is 23.0. The van der Waals surface area contributed by atoms with E-state index < -0.39 is 0 Å². The molecule has 23 heavy (non-hydrogen) atoms. The Balaban J connectivity index is 1.53. The Morgan fingerprint density at radius 1 is 1.43 bits per heavy atom. The standard InChI is InChI=1S/C18H29N3OS/c1-4-13-6-5-9-21(11-13)18(2,3)12-20-16(22)15-10-19-17(23-15)14-7-8-14/h10,13-14H,4-9,11-12H2,1-3H3,(H,20,22). The number of hydrogen-bond donors (Lipinski definition) is 1. The van der Waals surface area contributed by atoms with E-state index in [0.29, 0.717) is 12.5 Å². The summed E-state index contributed by atoms with van der Waals surface area (Å²) in [5, 5.41) is 4.27. The van der Waals surface area contributed by atoms with Gasteiger partial charge in [-0.15, -0.1) is 11.3 Å². The van der Waals surface area contributed by atoms with Gasteiger partial charge in [0.2, 0.25) is 0 Å². The minimum atomic E-state index is 0.00745. The van der Waals surface area contributed by atoms with Crippen LogP contribution in [0.1, 0.15) is 73.5 Å². The number of nitrogens with zero attached hydrogens (tertiary/aromatic N) is 2. The number of carbonyl (C=O) groups is 1. The van der Waals surface area contributed by atoms with E-state index in [0.717, 1.165) is 28.9 Å². The molecule has 1 N–H and O–H groups in total. The Bertz CT molecular complexity index is 550. The molecule has 1 atom stereocenters. The lowest BCUT2D eigenvalue weighted by molar-refractivity contribution is 0.0613. The van der Waals surface area contributed by atoms with Crippen LogP contribution in [0.3, 0.4) is 0 Å². The number of likely N-dealkylation sites (tertiary alicyclic amines) is 1. The van der Waals surface area contributed by atoms with Gasteiger partial charge >= 0.3 is 0 Å². The third kappa shape index (κ3) is 4.13. The molecule has 1 aromatic rings. The van der Waals surface area contributed by atoms with Crippen molar-refractivity contribution >= 4 is 17.2 Å². The number of hydrogen-bond acceptors (Lipinski definition) is 4. The minimum absolute atomic E-state index is 0.00745. The molecule has 1 aromatic heterocycles. The zero-order valence-electron chi connectivity index (χ0n) is 14.6. The Kier molecular flexibility index (Phi) is 5.07. The molecule has 0 spiro atoms. The summed E-state index contributed by atoms with van der Waals surface area (Å²) >= 11 is 1.57. The molecule has 1 amide bonds. The molecule has 2 fully saturated rings. The summed E-state index contributed by atoms with van der Waals surface area (Å²) in [6, 6.07) is 0. The lowest BCUT2D eigenvalue weighted by atomic mass is 9.91. The summed E-state index contributed by atoms with van der Waals surface area (Å²) in [5.74, 6) is 1.46. The average Bonchev–Trinajstić information content (AvgIpc) is 3.30. The Morgan fingerprint density at radius 2 is 2.22 bits per heavy atom. The summed E-state index contributed by atoms with van der Waals surface area (Å²) in [7, 11) is 0. The highest BCUT2D eigenvalue weighted by Crippen LogP contribution is 2.41. The van der Waals surface area contributed by atoms with Crippen molar-refractivity contribution < 1.29 is 4.79 Å². The van der Waals surface area contributed by atoms with Crippen molar-refractivity contribution in [1.82, 2.24) is 15.2 Å². The number of aromatic nitrogens is 1. The average molecular weight is 336 g/mol. The third-order valence-corrected chi connectivity index (χ3v) is 6.47. The van der Waals surface area contributed by atoms with Gasteiger partial charge < -0.3 is 5.32 Å². The van der Waals surface area contributed by atoms with Crippen molar-refractivity contribution in [2.24, 2.45) is 5.92 Å². The zero-order chi connectivity index (χ0) is 16.4. The molecule has 5 heteroatoms. The van der Waals surface area contributed by atoms with Crippen LogP contribution in [0.2, 0.25) is 0 Å². The minimum Gasteiger partial charge on any atom is -0.349 e. The second-order valence-corrected chi connectivity index (χ2v) is 8.76. The van der Waals surface area contributed by atoms with Crippen LogP contribution in [-0.4, -0.2) is 41.0 Å². The first-order chi connectivity index (χ1) is 11.0. The van der Waals surface area contributed by atoms with E-state index in [-0.39, 0.29) is 11.4 Å². The van der Waals surface area contributed by atoms with Crippen molar-refractivity contribution in [1.29, 1.82) is 0 Å². The zero-order valence-corrected chi connectivity index (χ0v) is 15.4. The highest BCUT2D eigenvalue weighted by Gasteiger charge is 2.32. The van der Waals surface area contributed by atoms with Crippen molar-refractivity contribution in [2.45, 2.75) is 64.3 Å². The number of carbonyl (C=O) groups excluding carboxylic acids is 1. The number of amides is 1. The van der Waals surface area contributed by atoms with E-state index in [1.165, 1.54) is 32.1 Å².